The highest BCUT2D eigenvalue weighted by molar-refractivity contribution is 9.10. The molecule has 0 aliphatic heterocycles. The summed E-state index contributed by atoms with van der Waals surface area (Å²) in [7, 11) is 0. The number of alkyl halides is 1. The van der Waals surface area contributed by atoms with Gasteiger partial charge >= 0.3 is 0 Å². The summed E-state index contributed by atoms with van der Waals surface area (Å²) in [6.45, 7) is 5.22. The number of hydrogen-bond acceptors (Lipinski definition) is 2. The van der Waals surface area contributed by atoms with Crippen LogP contribution >= 0.6 is 27.5 Å². The zero-order valence-corrected chi connectivity index (χ0v) is 12.1. The summed E-state index contributed by atoms with van der Waals surface area (Å²) in [6, 6.07) is 2.08. The quantitative estimate of drug-likeness (QED) is 0.810. The normalized spacial score (nSPS) is 14.8. The summed E-state index contributed by atoms with van der Waals surface area (Å²) in [5.74, 6) is 0.689. The second kappa shape index (κ2) is 6.58. The SMILES string of the molecule is CCC(C)(CCCl)NCc1cncc(Br)c1. The Morgan fingerprint density at radius 3 is 2.81 bits per heavy atom. The van der Waals surface area contributed by atoms with E-state index in [4.69, 9.17) is 11.6 Å². The zero-order chi connectivity index (χ0) is 12.0. The second-order valence-corrected chi connectivity index (χ2v) is 5.51. The van der Waals surface area contributed by atoms with E-state index in [9.17, 15) is 0 Å². The second-order valence-electron chi connectivity index (χ2n) is 4.22. The van der Waals surface area contributed by atoms with Crippen molar-refractivity contribution in [2.75, 3.05) is 5.88 Å². The van der Waals surface area contributed by atoms with Crippen molar-refractivity contribution < 1.29 is 0 Å². The molecule has 4 heteroatoms. The van der Waals surface area contributed by atoms with Crippen LogP contribution in [-0.4, -0.2) is 16.4 Å². The maximum absolute atomic E-state index is 5.81. The Labute approximate surface area is 111 Å². The molecular formula is C12H18BrClN2. The van der Waals surface area contributed by atoms with E-state index < -0.39 is 0 Å². The van der Waals surface area contributed by atoms with Gasteiger partial charge in [0.05, 0.1) is 0 Å². The van der Waals surface area contributed by atoms with Gasteiger partial charge in [0.1, 0.15) is 0 Å². The van der Waals surface area contributed by atoms with Crippen LogP contribution in [0.1, 0.15) is 32.3 Å². The first-order chi connectivity index (χ1) is 7.59. The standard InChI is InChI=1S/C12H18BrClN2/c1-3-12(2,4-5-14)16-8-10-6-11(13)9-15-7-10/h6-7,9,16H,3-5,8H2,1-2H3. The molecule has 0 saturated carbocycles. The fourth-order valence-corrected chi connectivity index (χ4v) is 2.30. The predicted molar refractivity (Wildman–Crippen MR) is 72.8 cm³/mol. The molecule has 1 N–H and O–H groups in total. The fraction of sp³-hybridized carbons (Fsp3) is 0.583. The first-order valence-corrected chi connectivity index (χ1v) is 6.83. The van der Waals surface area contributed by atoms with Crippen LogP contribution in [-0.2, 0) is 6.54 Å². The molecule has 0 saturated heterocycles. The van der Waals surface area contributed by atoms with Gasteiger partial charge < -0.3 is 5.32 Å². The molecular weight excluding hydrogens is 288 g/mol. The van der Waals surface area contributed by atoms with E-state index in [-0.39, 0.29) is 5.54 Å². The highest BCUT2D eigenvalue weighted by Gasteiger charge is 2.20. The maximum atomic E-state index is 5.81. The van der Waals surface area contributed by atoms with E-state index in [0.29, 0.717) is 5.88 Å². The highest BCUT2D eigenvalue weighted by atomic mass is 79.9. The van der Waals surface area contributed by atoms with Crippen LogP contribution in [0.2, 0.25) is 0 Å². The third-order valence-electron chi connectivity index (χ3n) is 2.91. The van der Waals surface area contributed by atoms with Gasteiger partial charge in [-0.3, -0.25) is 4.98 Å². The largest absolute Gasteiger partial charge is 0.307 e. The lowest BCUT2D eigenvalue weighted by atomic mass is 9.95. The Balaban J connectivity index is 2.55. The number of rotatable bonds is 6. The molecule has 1 aromatic heterocycles. The van der Waals surface area contributed by atoms with Gasteiger partial charge in [0.25, 0.3) is 0 Å². The van der Waals surface area contributed by atoms with Gasteiger partial charge in [-0.2, -0.15) is 0 Å². The van der Waals surface area contributed by atoms with Gasteiger partial charge in [-0.05, 0) is 47.3 Å². The van der Waals surface area contributed by atoms with E-state index in [2.05, 4.69) is 46.1 Å². The number of nitrogens with one attached hydrogen (secondary N) is 1. The summed E-state index contributed by atoms with van der Waals surface area (Å²) in [5.41, 5.74) is 1.30. The molecule has 0 radical (unpaired) electrons. The van der Waals surface area contributed by atoms with Crippen molar-refractivity contribution in [1.82, 2.24) is 10.3 Å². The third kappa shape index (κ3) is 4.40. The number of pyridine rings is 1. The zero-order valence-electron chi connectivity index (χ0n) is 9.76. The van der Waals surface area contributed by atoms with Crippen molar-refractivity contribution in [2.24, 2.45) is 0 Å². The average Bonchev–Trinajstić information content (AvgIpc) is 2.27. The van der Waals surface area contributed by atoms with Crippen LogP contribution in [0.15, 0.2) is 22.9 Å². The van der Waals surface area contributed by atoms with E-state index >= 15 is 0 Å². The molecule has 1 rings (SSSR count). The third-order valence-corrected chi connectivity index (χ3v) is 3.53. The number of aromatic nitrogens is 1. The molecule has 1 atom stereocenters. The van der Waals surface area contributed by atoms with Gasteiger partial charge in [0.15, 0.2) is 0 Å². The number of nitrogens with zero attached hydrogens (tertiary/aromatic N) is 1. The van der Waals surface area contributed by atoms with Gasteiger partial charge in [0, 0.05) is 34.8 Å². The summed E-state index contributed by atoms with van der Waals surface area (Å²) in [4.78, 5) is 4.14. The van der Waals surface area contributed by atoms with Crippen molar-refractivity contribution in [3.05, 3.63) is 28.5 Å². The predicted octanol–water partition coefficient (Wildman–Crippen LogP) is 3.73. The molecule has 0 fully saturated rings. The van der Waals surface area contributed by atoms with Crippen LogP contribution in [0.3, 0.4) is 0 Å². The fourth-order valence-electron chi connectivity index (χ4n) is 1.47. The first kappa shape index (κ1) is 13.9. The van der Waals surface area contributed by atoms with E-state index in [1.54, 1.807) is 6.20 Å². The Bertz CT molecular complexity index is 333. The van der Waals surface area contributed by atoms with Crippen molar-refractivity contribution in [3.63, 3.8) is 0 Å². The molecule has 2 nitrogen and oxygen atoms in total. The summed E-state index contributed by atoms with van der Waals surface area (Å²) in [5, 5.41) is 3.54. The van der Waals surface area contributed by atoms with Gasteiger partial charge in [-0.1, -0.05) is 6.92 Å². The number of hydrogen-bond donors (Lipinski definition) is 1. The molecule has 16 heavy (non-hydrogen) atoms. The molecule has 1 unspecified atom stereocenters. The monoisotopic (exact) mass is 304 g/mol. The molecule has 0 amide bonds. The Morgan fingerprint density at radius 1 is 1.50 bits per heavy atom. The molecule has 0 aromatic carbocycles. The molecule has 90 valence electrons. The molecule has 1 heterocycles. The molecule has 1 aromatic rings. The van der Waals surface area contributed by atoms with E-state index in [1.165, 1.54) is 5.56 Å². The molecule has 0 bridgehead atoms. The smallest absolute Gasteiger partial charge is 0.0410 e. The topological polar surface area (TPSA) is 24.9 Å². The first-order valence-electron chi connectivity index (χ1n) is 5.50. The number of halogens is 2. The average molecular weight is 306 g/mol. The Morgan fingerprint density at radius 2 is 2.25 bits per heavy atom. The van der Waals surface area contributed by atoms with E-state index in [1.807, 2.05) is 6.20 Å². The Hall–Kier alpha value is -0.120. The van der Waals surface area contributed by atoms with Crippen LogP contribution < -0.4 is 5.32 Å². The Kier molecular flexibility index (Phi) is 5.73. The van der Waals surface area contributed by atoms with E-state index in [0.717, 1.165) is 23.9 Å². The van der Waals surface area contributed by atoms with Crippen molar-refractivity contribution in [3.8, 4) is 0 Å². The van der Waals surface area contributed by atoms with Gasteiger partial charge in [0.2, 0.25) is 0 Å². The van der Waals surface area contributed by atoms with Gasteiger partial charge in [-0.15, -0.1) is 11.6 Å². The molecule has 0 aliphatic carbocycles. The van der Waals surface area contributed by atoms with Gasteiger partial charge in [-0.25, -0.2) is 0 Å². The maximum Gasteiger partial charge on any atom is 0.0410 e. The lowest BCUT2D eigenvalue weighted by Gasteiger charge is -2.29. The minimum absolute atomic E-state index is 0.115. The summed E-state index contributed by atoms with van der Waals surface area (Å²) < 4.78 is 1.02. The lowest BCUT2D eigenvalue weighted by Crippen LogP contribution is -2.41. The minimum atomic E-state index is 0.115. The summed E-state index contributed by atoms with van der Waals surface area (Å²) in [6.07, 6.45) is 5.73. The van der Waals surface area contributed by atoms with Crippen LogP contribution in [0.5, 0.6) is 0 Å². The molecule has 0 aliphatic rings. The highest BCUT2D eigenvalue weighted by Crippen LogP contribution is 2.17. The van der Waals surface area contributed by atoms with Crippen LogP contribution in [0.4, 0.5) is 0 Å². The lowest BCUT2D eigenvalue weighted by molar-refractivity contribution is 0.331. The van der Waals surface area contributed by atoms with Crippen LogP contribution in [0.25, 0.3) is 0 Å². The van der Waals surface area contributed by atoms with Crippen molar-refractivity contribution in [2.45, 2.75) is 38.8 Å². The molecule has 0 spiro atoms. The van der Waals surface area contributed by atoms with Crippen molar-refractivity contribution >= 4 is 27.5 Å². The van der Waals surface area contributed by atoms with Crippen molar-refractivity contribution in [1.29, 1.82) is 0 Å². The summed E-state index contributed by atoms with van der Waals surface area (Å²) >= 11 is 9.23. The minimum Gasteiger partial charge on any atom is -0.307 e. The van der Waals surface area contributed by atoms with Crippen LogP contribution in [0, 0.1) is 0 Å².